The van der Waals surface area contributed by atoms with Gasteiger partial charge in [0.05, 0.1) is 0 Å². The molecule has 0 unspecified atom stereocenters. The van der Waals surface area contributed by atoms with Gasteiger partial charge in [0.2, 0.25) is 0 Å². The number of aryl methyl sites for hydroxylation is 1. The second-order valence-electron chi connectivity index (χ2n) is 4.34. The van der Waals surface area contributed by atoms with Crippen molar-refractivity contribution in [3.8, 4) is 5.75 Å². The van der Waals surface area contributed by atoms with Crippen molar-refractivity contribution in [3.63, 3.8) is 0 Å². The largest absolute Gasteiger partial charge is 0.482 e. The molecule has 2 aromatic carbocycles. The summed E-state index contributed by atoms with van der Waals surface area (Å²) in [7, 11) is 0. The number of Topliss-reactive ketones (excluding diaryl/α,β-unsaturated/α-hetero) is 1. The Hall–Kier alpha value is -1.68. The summed E-state index contributed by atoms with van der Waals surface area (Å²) in [6.07, 6.45) is 0.926. The van der Waals surface area contributed by atoms with E-state index in [-0.39, 0.29) is 18.1 Å². The van der Waals surface area contributed by atoms with Crippen molar-refractivity contribution in [2.45, 2.75) is 13.3 Å². The number of ether oxygens (including phenoxy) is 1. The van der Waals surface area contributed by atoms with Crippen LogP contribution < -0.4 is 4.74 Å². The molecule has 0 aliphatic rings. The molecule has 2 rings (SSSR count). The van der Waals surface area contributed by atoms with Crippen LogP contribution >= 0.6 is 15.9 Å². The summed E-state index contributed by atoms with van der Waals surface area (Å²) in [5, 5.41) is 0. The molecule has 0 N–H and O–H groups in total. The number of carbonyl (C=O) groups is 1. The van der Waals surface area contributed by atoms with E-state index in [1.165, 1.54) is 17.7 Å². The van der Waals surface area contributed by atoms with Crippen LogP contribution in [0.3, 0.4) is 0 Å². The molecule has 20 heavy (non-hydrogen) atoms. The summed E-state index contributed by atoms with van der Waals surface area (Å²) in [4.78, 5) is 11.9. The second kappa shape index (κ2) is 6.66. The molecule has 0 saturated heterocycles. The molecular weight excluding hydrogens is 323 g/mol. The molecule has 2 aromatic rings. The summed E-state index contributed by atoms with van der Waals surface area (Å²) in [5.74, 6) is -0.588. The lowest BCUT2D eigenvalue weighted by molar-refractivity contribution is 0.0919. The lowest BCUT2D eigenvalue weighted by atomic mass is 10.1. The smallest absolute Gasteiger partial charge is 0.200 e. The summed E-state index contributed by atoms with van der Waals surface area (Å²) in [6.45, 7) is 1.88. The Labute approximate surface area is 125 Å². The molecule has 0 spiro atoms. The fourth-order valence-corrected chi connectivity index (χ4v) is 2.08. The average molecular weight is 337 g/mol. The Morgan fingerprint density at radius 2 is 1.90 bits per heavy atom. The van der Waals surface area contributed by atoms with Crippen LogP contribution in [0.25, 0.3) is 0 Å². The third-order valence-corrected chi connectivity index (χ3v) is 3.43. The highest BCUT2D eigenvalue weighted by atomic mass is 79.9. The summed E-state index contributed by atoms with van der Waals surface area (Å²) in [5.41, 5.74) is 1.74. The van der Waals surface area contributed by atoms with E-state index < -0.39 is 5.82 Å². The number of hydrogen-bond donors (Lipinski definition) is 0. The zero-order valence-electron chi connectivity index (χ0n) is 11.0. The Bertz CT molecular complexity index is 608. The maximum Gasteiger partial charge on any atom is 0.200 e. The molecule has 0 bridgehead atoms. The minimum atomic E-state index is -0.492. The molecule has 0 aliphatic heterocycles. The van der Waals surface area contributed by atoms with E-state index in [0.717, 1.165) is 6.42 Å². The van der Waals surface area contributed by atoms with Crippen molar-refractivity contribution < 1.29 is 13.9 Å². The summed E-state index contributed by atoms with van der Waals surface area (Å²) < 4.78 is 19.4. The molecule has 0 fully saturated rings. The predicted molar refractivity (Wildman–Crippen MR) is 79.7 cm³/mol. The molecule has 0 saturated carbocycles. The molecule has 0 atom stereocenters. The van der Waals surface area contributed by atoms with Gasteiger partial charge < -0.3 is 4.74 Å². The van der Waals surface area contributed by atoms with Crippen LogP contribution in [-0.4, -0.2) is 12.4 Å². The SMILES string of the molecule is CCc1ccc(C(=O)COc2ccc(Br)cc2F)cc1. The van der Waals surface area contributed by atoms with Gasteiger partial charge in [0.15, 0.2) is 24.0 Å². The van der Waals surface area contributed by atoms with Crippen molar-refractivity contribution >= 4 is 21.7 Å². The molecule has 104 valence electrons. The van der Waals surface area contributed by atoms with Gasteiger partial charge in [-0.15, -0.1) is 0 Å². The van der Waals surface area contributed by atoms with Gasteiger partial charge in [-0.2, -0.15) is 0 Å². The van der Waals surface area contributed by atoms with Crippen LogP contribution in [0.1, 0.15) is 22.8 Å². The van der Waals surface area contributed by atoms with Crippen molar-refractivity contribution in [2.24, 2.45) is 0 Å². The first-order chi connectivity index (χ1) is 9.60. The molecular formula is C16H14BrFO2. The maximum absolute atomic E-state index is 13.5. The van der Waals surface area contributed by atoms with Crippen molar-refractivity contribution in [2.75, 3.05) is 6.61 Å². The van der Waals surface area contributed by atoms with E-state index in [1.54, 1.807) is 18.2 Å². The molecule has 2 nitrogen and oxygen atoms in total. The van der Waals surface area contributed by atoms with Gasteiger partial charge in [-0.25, -0.2) is 4.39 Å². The van der Waals surface area contributed by atoms with Gasteiger partial charge in [0.1, 0.15) is 0 Å². The van der Waals surface area contributed by atoms with Crippen LogP contribution in [0.2, 0.25) is 0 Å². The number of halogens is 2. The first kappa shape index (κ1) is 14.7. The van der Waals surface area contributed by atoms with E-state index in [2.05, 4.69) is 22.9 Å². The monoisotopic (exact) mass is 336 g/mol. The highest BCUT2D eigenvalue weighted by Crippen LogP contribution is 2.21. The number of benzene rings is 2. The van der Waals surface area contributed by atoms with Crippen molar-refractivity contribution in [3.05, 3.63) is 63.9 Å². The van der Waals surface area contributed by atoms with Crippen LogP contribution in [-0.2, 0) is 6.42 Å². The number of hydrogen-bond acceptors (Lipinski definition) is 2. The molecule has 0 aromatic heterocycles. The Balaban J connectivity index is 2.00. The quantitative estimate of drug-likeness (QED) is 0.756. The van der Waals surface area contributed by atoms with Crippen molar-refractivity contribution in [1.82, 2.24) is 0 Å². The first-order valence-electron chi connectivity index (χ1n) is 6.30. The van der Waals surface area contributed by atoms with E-state index in [0.29, 0.717) is 10.0 Å². The highest BCUT2D eigenvalue weighted by Gasteiger charge is 2.09. The van der Waals surface area contributed by atoms with E-state index in [4.69, 9.17) is 4.74 Å². The minimum Gasteiger partial charge on any atom is -0.482 e. The number of rotatable bonds is 5. The van der Waals surface area contributed by atoms with E-state index in [9.17, 15) is 9.18 Å². The second-order valence-corrected chi connectivity index (χ2v) is 5.25. The maximum atomic E-state index is 13.5. The lowest BCUT2D eigenvalue weighted by Crippen LogP contribution is -2.12. The molecule has 0 radical (unpaired) electrons. The molecule has 0 amide bonds. The summed E-state index contributed by atoms with van der Waals surface area (Å²) >= 11 is 3.16. The van der Waals surface area contributed by atoms with Crippen LogP contribution in [0, 0.1) is 5.82 Å². The normalized spacial score (nSPS) is 10.3. The van der Waals surface area contributed by atoms with Gasteiger partial charge in [0, 0.05) is 10.0 Å². The first-order valence-corrected chi connectivity index (χ1v) is 7.09. The summed E-state index contributed by atoms with van der Waals surface area (Å²) in [6, 6.07) is 11.8. The predicted octanol–water partition coefficient (Wildman–Crippen LogP) is 4.41. The average Bonchev–Trinajstić information content (AvgIpc) is 2.46. The highest BCUT2D eigenvalue weighted by molar-refractivity contribution is 9.10. The standard InChI is InChI=1S/C16H14BrFO2/c1-2-11-3-5-12(6-4-11)15(19)10-20-16-8-7-13(17)9-14(16)18/h3-9H,2,10H2,1H3. The van der Waals surface area contributed by atoms with E-state index >= 15 is 0 Å². The van der Waals surface area contributed by atoms with E-state index in [1.807, 2.05) is 12.1 Å². The number of carbonyl (C=O) groups excluding carboxylic acids is 1. The Morgan fingerprint density at radius 3 is 2.50 bits per heavy atom. The fraction of sp³-hybridized carbons (Fsp3) is 0.188. The lowest BCUT2D eigenvalue weighted by Gasteiger charge is -2.07. The molecule has 0 heterocycles. The number of ketones is 1. The minimum absolute atomic E-state index is 0.0757. The van der Waals surface area contributed by atoms with Crippen LogP contribution in [0.4, 0.5) is 4.39 Å². The third-order valence-electron chi connectivity index (χ3n) is 2.94. The fourth-order valence-electron chi connectivity index (χ4n) is 1.75. The van der Waals surface area contributed by atoms with Gasteiger partial charge in [-0.05, 0) is 30.2 Å². The molecule has 0 aliphatic carbocycles. The zero-order chi connectivity index (χ0) is 14.5. The van der Waals surface area contributed by atoms with Crippen LogP contribution in [0.15, 0.2) is 46.9 Å². The van der Waals surface area contributed by atoms with Crippen LogP contribution in [0.5, 0.6) is 5.75 Å². The van der Waals surface area contributed by atoms with Gasteiger partial charge in [-0.3, -0.25) is 4.79 Å². The Morgan fingerprint density at radius 1 is 1.20 bits per heavy atom. The molecule has 4 heteroatoms. The third kappa shape index (κ3) is 3.67. The zero-order valence-corrected chi connectivity index (χ0v) is 12.6. The van der Waals surface area contributed by atoms with Crippen molar-refractivity contribution in [1.29, 1.82) is 0 Å². The Kier molecular flexibility index (Phi) is 4.90. The van der Waals surface area contributed by atoms with Gasteiger partial charge >= 0.3 is 0 Å². The van der Waals surface area contributed by atoms with Gasteiger partial charge in [0.25, 0.3) is 0 Å². The van der Waals surface area contributed by atoms with Gasteiger partial charge in [-0.1, -0.05) is 47.1 Å². The topological polar surface area (TPSA) is 26.3 Å².